The third kappa shape index (κ3) is 4.65. The van der Waals surface area contributed by atoms with E-state index in [9.17, 15) is 9.18 Å². The Morgan fingerprint density at radius 1 is 1.27 bits per heavy atom. The summed E-state index contributed by atoms with van der Waals surface area (Å²) in [5, 5.41) is 4.23. The number of ether oxygens (including phenoxy) is 2. The van der Waals surface area contributed by atoms with Crippen molar-refractivity contribution in [3.8, 4) is 16.9 Å². The van der Waals surface area contributed by atoms with Gasteiger partial charge < -0.3 is 14.4 Å². The molecule has 1 amide bonds. The van der Waals surface area contributed by atoms with Crippen LogP contribution in [0.15, 0.2) is 48.8 Å². The van der Waals surface area contributed by atoms with Gasteiger partial charge in [0.05, 0.1) is 25.0 Å². The van der Waals surface area contributed by atoms with Gasteiger partial charge >= 0.3 is 0 Å². The van der Waals surface area contributed by atoms with Gasteiger partial charge in [-0.15, -0.1) is 0 Å². The predicted octanol–water partition coefficient (Wildman–Crippen LogP) is 2.91. The molecule has 1 saturated heterocycles. The summed E-state index contributed by atoms with van der Waals surface area (Å²) in [6.07, 6.45) is 3.44. The maximum atomic E-state index is 13.0. The fourth-order valence-electron chi connectivity index (χ4n) is 3.42. The van der Waals surface area contributed by atoms with E-state index in [0.29, 0.717) is 25.4 Å². The number of carbonyl (C=O) groups excluding carboxylic acids is 1. The highest BCUT2D eigenvalue weighted by Crippen LogP contribution is 2.27. The number of carbonyl (C=O) groups is 1. The van der Waals surface area contributed by atoms with E-state index in [4.69, 9.17) is 9.47 Å². The smallest absolute Gasteiger partial charge is 0.260 e. The molecule has 0 unspecified atom stereocenters. The molecular formula is C22H23FN4O3. The molecule has 0 spiro atoms. The van der Waals surface area contributed by atoms with Crippen molar-refractivity contribution in [1.29, 1.82) is 0 Å². The van der Waals surface area contributed by atoms with E-state index in [2.05, 4.69) is 10.1 Å². The Morgan fingerprint density at radius 3 is 2.80 bits per heavy atom. The minimum atomic E-state index is -0.346. The molecular weight excluding hydrogens is 387 g/mol. The quantitative estimate of drug-likeness (QED) is 0.647. The molecule has 1 fully saturated rings. The molecule has 0 bridgehead atoms. The molecule has 3 heterocycles. The van der Waals surface area contributed by atoms with E-state index < -0.39 is 0 Å². The lowest BCUT2D eigenvalue weighted by atomic mass is 10.1. The lowest BCUT2D eigenvalue weighted by Gasteiger charge is -2.33. The maximum Gasteiger partial charge on any atom is 0.260 e. The number of hydrogen-bond acceptors (Lipinski definition) is 5. The number of aryl methyl sites for hydroxylation is 2. The number of pyridine rings is 1. The first kappa shape index (κ1) is 20.0. The maximum absolute atomic E-state index is 13.0. The van der Waals surface area contributed by atoms with E-state index in [-0.39, 0.29) is 24.4 Å². The lowest BCUT2D eigenvalue weighted by molar-refractivity contribution is -0.141. The molecule has 0 saturated carbocycles. The van der Waals surface area contributed by atoms with Crippen LogP contribution in [0, 0.1) is 12.7 Å². The topological polar surface area (TPSA) is 69.5 Å². The molecule has 1 aromatic carbocycles. The normalized spacial score (nSPS) is 16.5. The van der Waals surface area contributed by atoms with Crippen LogP contribution in [-0.4, -0.2) is 51.9 Å². The van der Waals surface area contributed by atoms with Crippen molar-refractivity contribution in [3.05, 3.63) is 66.0 Å². The summed E-state index contributed by atoms with van der Waals surface area (Å²) in [4.78, 5) is 19.0. The SMILES string of the molecule is Cc1cc(-c2cnn(C)c2)cc([C@@H]2CN(C(=O)COc3ccc(F)cc3)CCO2)n1. The molecule has 7 nitrogen and oxygen atoms in total. The van der Waals surface area contributed by atoms with Crippen molar-refractivity contribution in [2.24, 2.45) is 7.05 Å². The van der Waals surface area contributed by atoms with Gasteiger partial charge in [0.1, 0.15) is 17.7 Å². The fraction of sp³-hybridized carbons (Fsp3) is 0.318. The zero-order chi connectivity index (χ0) is 21.1. The second kappa shape index (κ2) is 8.62. The van der Waals surface area contributed by atoms with Gasteiger partial charge in [0.2, 0.25) is 0 Å². The van der Waals surface area contributed by atoms with Crippen molar-refractivity contribution in [2.45, 2.75) is 13.0 Å². The van der Waals surface area contributed by atoms with E-state index in [0.717, 1.165) is 22.5 Å². The van der Waals surface area contributed by atoms with Gasteiger partial charge in [-0.3, -0.25) is 14.5 Å². The largest absolute Gasteiger partial charge is 0.484 e. The van der Waals surface area contributed by atoms with Crippen molar-refractivity contribution < 1.29 is 18.7 Å². The summed E-state index contributed by atoms with van der Waals surface area (Å²) in [7, 11) is 1.88. The predicted molar refractivity (Wildman–Crippen MR) is 108 cm³/mol. The van der Waals surface area contributed by atoms with Crippen LogP contribution in [0.3, 0.4) is 0 Å². The van der Waals surface area contributed by atoms with Gasteiger partial charge in [-0.05, 0) is 48.9 Å². The van der Waals surface area contributed by atoms with E-state index in [1.54, 1.807) is 9.58 Å². The van der Waals surface area contributed by atoms with Crippen LogP contribution in [-0.2, 0) is 16.6 Å². The molecule has 1 atom stereocenters. The Kier molecular flexibility index (Phi) is 5.76. The minimum Gasteiger partial charge on any atom is -0.484 e. The molecule has 2 aromatic heterocycles. The Balaban J connectivity index is 1.44. The van der Waals surface area contributed by atoms with E-state index >= 15 is 0 Å². The number of rotatable bonds is 5. The highest BCUT2D eigenvalue weighted by molar-refractivity contribution is 5.78. The Hall–Kier alpha value is -3.26. The molecule has 0 radical (unpaired) electrons. The molecule has 30 heavy (non-hydrogen) atoms. The van der Waals surface area contributed by atoms with Crippen LogP contribution in [0.5, 0.6) is 5.75 Å². The summed E-state index contributed by atoms with van der Waals surface area (Å²) in [5.41, 5.74) is 3.67. The average molecular weight is 410 g/mol. The molecule has 156 valence electrons. The summed E-state index contributed by atoms with van der Waals surface area (Å²) in [6.45, 7) is 3.13. The summed E-state index contributed by atoms with van der Waals surface area (Å²) in [5.74, 6) is -0.0372. The Bertz CT molecular complexity index is 1040. The molecule has 4 rings (SSSR count). The number of hydrogen-bond donors (Lipinski definition) is 0. The average Bonchev–Trinajstić information content (AvgIpc) is 3.19. The lowest BCUT2D eigenvalue weighted by Crippen LogP contribution is -2.44. The van der Waals surface area contributed by atoms with Crippen LogP contribution in [0.25, 0.3) is 11.1 Å². The number of nitrogens with zero attached hydrogens (tertiary/aromatic N) is 4. The second-order valence-electron chi connectivity index (χ2n) is 7.27. The van der Waals surface area contributed by atoms with Crippen molar-refractivity contribution in [1.82, 2.24) is 19.7 Å². The Morgan fingerprint density at radius 2 is 2.07 bits per heavy atom. The first-order valence-corrected chi connectivity index (χ1v) is 9.73. The molecule has 0 N–H and O–H groups in total. The molecule has 1 aliphatic heterocycles. The first-order valence-electron chi connectivity index (χ1n) is 9.73. The van der Waals surface area contributed by atoms with E-state index in [1.807, 2.05) is 38.5 Å². The van der Waals surface area contributed by atoms with Crippen molar-refractivity contribution in [3.63, 3.8) is 0 Å². The standard InChI is InChI=1S/C22H23FN4O3/c1-15-9-16(17-11-24-26(2)12-17)10-20(25-15)21-13-27(7-8-29-21)22(28)14-30-19-5-3-18(23)4-6-19/h3-6,9-12,21H,7-8,13-14H2,1-2H3/t21-/m0/s1. The number of amides is 1. The van der Waals surface area contributed by atoms with Crippen molar-refractivity contribution >= 4 is 5.91 Å². The van der Waals surface area contributed by atoms with Gasteiger partial charge in [0, 0.05) is 31.0 Å². The fourth-order valence-corrected chi connectivity index (χ4v) is 3.42. The molecule has 8 heteroatoms. The van der Waals surface area contributed by atoms with Gasteiger partial charge in [-0.1, -0.05) is 0 Å². The zero-order valence-corrected chi connectivity index (χ0v) is 16.9. The molecule has 0 aliphatic carbocycles. The van der Waals surface area contributed by atoms with Crippen LogP contribution in [0.2, 0.25) is 0 Å². The number of aromatic nitrogens is 3. The number of morpholine rings is 1. The Labute approximate surface area is 174 Å². The molecule has 3 aromatic rings. The van der Waals surface area contributed by atoms with Gasteiger partial charge in [0.25, 0.3) is 5.91 Å². The minimum absolute atomic E-state index is 0.111. The van der Waals surface area contributed by atoms with Crippen molar-refractivity contribution in [2.75, 3.05) is 26.3 Å². The van der Waals surface area contributed by atoms with Gasteiger partial charge in [-0.2, -0.15) is 5.10 Å². The second-order valence-corrected chi connectivity index (χ2v) is 7.27. The number of halogens is 1. The highest BCUT2D eigenvalue weighted by atomic mass is 19.1. The summed E-state index contributed by atoms with van der Waals surface area (Å²) < 4.78 is 26.1. The van der Waals surface area contributed by atoms with Crippen LogP contribution in [0.4, 0.5) is 4.39 Å². The molecule has 1 aliphatic rings. The van der Waals surface area contributed by atoms with Crippen LogP contribution in [0.1, 0.15) is 17.5 Å². The van der Waals surface area contributed by atoms with Gasteiger partial charge in [-0.25, -0.2) is 4.39 Å². The highest BCUT2D eigenvalue weighted by Gasteiger charge is 2.27. The summed E-state index contributed by atoms with van der Waals surface area (Å²) in [6, 6.07) is 9.59. The summed E-state index contributed by atoms with van der Waals surface area (Å²) >= 11 is 0. The van der Waals surface area contributed by atoms with E-state index in [1.165, 1.54) is 24.3 Å². The zero-order valence-electron chi connectivity index (χ0n) is 16.9. The first-order chi connectivity index (χ1) is 14.5. The third-order valence-corrected chi connectivity index (χ3v) is 4.94. The van der Waals surface area contributed by atoms with Gasteiger partial charge in [0.15, 0.2) is 6.61 Å². The van der Waals surface area contributed by atoms with Crippen LogP contribution < -0.4 is 4.74 Å². The number of benzene rings is 1. The monoisotopic (exact) mass is 410 g/mol. The third-order valence-electron chi connectivity index (χ3n) is 4.94. The van der Waals surface area contributed by atoms with Crippen LogP contribution >= 0.6 is 0 Å².